The van der Waals surface area contributed by atoms with Crippen LogP contribution < -0.4 is 14.8 Å². The number of nitrogens with one attached hydrogen (secondary N) is 1. The van der Waals surface area contributed by atoms with Gasteiger partial charge in [-0.1, -0.05) is 11.3 Å². The molecule has 0 fully saturated rings. The number of hydrogen-bond donors (Lipinski definition) is 1. The Morgan fingerprint density at radius 1 is 1.37 bits per heavy atom. The minimum atomic E-state index is 0.397. The fraction of sp³-hybridized carbons (Fsp3) is 0.333. The Hall–Kier alpha value is -1.34. The average Bonchev–Trinajstić information content (AvgIpc) is 2.85. The highest BCUT2D eigenvalue weighted by Gasteiger charge is 2.07. The summed E-state index contributed by atoms with van der Waals surface area (Å²) in [6, 6.07) is 5.57. The summed E-state index contributed by atoms with van der Waals surface area (Å²) >= 11 is 4.93. The van der Waals surface area contributed by atoms with Gasteiger partial charge in [0.25, 0.3) is 0 Å². The maximum atomic E-state index is 5.69. The van der Waals surface area contributed by atoms with Gasteiger partial charge in [-0.25, -0.2) is 0 Å². The lowest BCUT2D eigenvalue weighted by Crippen LogP contribution is -1.96. The molecule has 0 saturated heterocycles. The van der Waals surface area contributed by atoms with Crippen LogP contribution in [0.4, 0.5) is 5.13 Å². The van der Waals surface area contributed by atoms with Crippen molar-refractivity contribution in [1.82, 2.24) is 10.2 Å². The second-order valence-corrected chi connectivity index (χ2v) is 5.53. The number of rotatable bonds is 6. The maximum Gasteiger partial charge on any atom is 0.205 e. The first-order valence-electron chi connectivity index (χ1n) is 5.75. The minimum Gasteiger partial charge on any atom is -0.497 e. The van der Waals surface area contributed by atoms with Gasteiger partial charge in [-0.05, 0) is 41.1 Å². The van der Waals surface area contributed by atoms with E-state index < -0.39 is 0 Å². The molecule has 0 unspecified atom stereocenters. The number of anilines is 1. The Morgan fingerprint density at radius 2 is 2.21 bits per heavy atom. The lowest BCUT2D eigenvalue weighted by Gasteiger charge is -2.07. The van der Waals surface area contributed by atoms with Crippen LogP contribution in [-0.4, -0.2) is 23.9 Å². The summed E-state index contributed by atoms with van der Waals surface area (Å²) in [4.78, 5) is 0. The average molecular weight is 344 g/mol. The highest BCUT2D eigenvalue weighted by Crippen LogP contribution is 2.30. The van der Waals surface area contributed by atoms with Gasteiger partial charge in [0.15, 0.2) is 5.01 Å². The van der Waals surface area contributed by atoms with Gasteiger partial charge in [0.2, 0.25) is 5.13 Å². The van der Waals surface area contributed by atoms with Crippen molar-refractivity contribution in [2.75, 3.05) is 19.0 Å². The van der Waals surface area contributed by atoms with E-state index in [-0.39, 0.29) is 0 Å². The quantitative estimate of drug-likeness (QED) is 0.871. The largest absolute Gasteiger partial charge is 0.497 e. The first kappa shape index (κ1) is 14.1. The zero-order valence-corrected chi connectivity index (χ0v) is 13.0. The van der Waals surface area contributed by atoms with Gasteiger partial charge < -0.3 is 14.8 Å². The highest BCUT2D eigenvalue weighted by atomic mass is 79.9. The number of methoxy groups -OCH3 is 1. The van der Waals surface area contributed by atoms with Gasteiger partial charge in [-0.3, -0.25) is 0 Å². The fourth-order valence-corrected chi connectivity index (χ4v) is 2.59. The van der Waals surface area contributed by atoms with Crippen LogP contribution in [0.1, 0.15) is 11.9 Å². The van der Waals surface area contributed by atoms with Gasteiger partial charge in [0.05, 0.1) is 11.6 Å². The molecule has 1 aromatic heterocycles. The van der Waals surface area contributed by atoms with Gasteiger partial charge in [0.1, 0.15) is 18.1 Å². The van der Waals surface area contributed by atoms with E-state index in [9.17, 15) is 0 Å². The van der Waals surface area contributed by atoms with Gasteiger partial charge in [-0.2, -0.15) is 0 Å². The number of hydrogen-bond acceptors (Lipinski definition) is 6. The van der Waals surface area contributed by atoms with Crippen molar-refractivity contribution in [1.29, 1.82) is 0 Å². The van der Waals surface area contributed by atoms with Gasteiger partial charge in [-0.15, -0.1) is 10.2 Å². The molecule has 7 heteroatoms. The molecule has 0 aliphatic heterocycles. The summed E-state index contributed by atoms with van der Waals surface area (Å²) in [5, 5.41) is 12.8. The zero-order valence-electron chi connectivity index (χ0n) is 10.6. The SMILES string of the molecule is CCNc1nnc(COc2ccc(OC)cc2Br)s1. The molecule has 0 aliphatic carbocycles. The number of ether oxygens (including phenoxy) is 2. The summed E-state index contributed by atoms with van der Waals surface area (Å²) in [6.45, 7) is 3.25. The van der Waals surface area contributed by atoms with E-state index >= 15 is 0 Å². The van der Waals surface area contributed by atoms with Crippen LogP contribution in [0.15, 0.2) is 22.7 Å². The first-order chi connectivity index (χ1) is 9.22. The summed E-state index contributed by atoms with van der Waals surface area (Å²) in [6.07, 6.45) is 0. The molecule has 2 rings (SSSR count). The van der Waals surface area contributed by atoms with Gasteiger partial charge >= 0.3 is 0 Å². The maximum absolute atomic E-state index is 5.69. The van der Waals surface area contributed by atoms with E-state index in [2.05, 4.69) is 31.4 Å². The fourth-order valence-electron chi connectivity index (χ4n) is 1.40. The van der Waals surface area contributed by atoms with Crippen LogP contribution in [0.3, 0.4) is 0 Å². The van der Waals surface area contributed by atoms with Crippen molar-refractivity contribution >= 4 is 32.4 Å². The molecule has 0 amide bonds. The number of benzene rings is 1. The normalized spacial score (nSPS) is 10.3. The lowest BCUT2D eigenvalue weighted by molar-refractivity contribution is 0.302. The van der Waals surface area contributed by atoms with E-state index in [1.165, 1.54) is 11.3 Å². The van der Waals surface area contributed by atoms with Crippen molar-refractivity contribution in [2.45, 2.75) is 13.5 Å². The minimum absolute atomic E-state index is 0.397. The Balaban J connectivity index is 1.97. The number of halogens is 1. The standard InChI is InChI=1S/C12H14BrN3O2S/c1-3-14-12-16-15-11(19-12)7-18-10-5-4-8(17-2)6-9(10)13/h4-6H,3,7H2,1-2H3,(H,14,16). The third kappa shape index (κ3) is 3.81. The van der Waals surface area contributed by atoms with Crippen molar-refractivity contribution in [3.05, 3.63) is 27.7 Å². The molecule has 0 aliphatic rings. The van der Waals surface area contributed by atoms with Crippen molar-refractivity contribution in [3.63, 3.8) is 0 Å². The van der Waals surface area contributed by atoms with Crippen LogP contribution in [0.2, 0.25) is 0 Å². The first-order valence-corrected chi connectivity index (χ1v) is 7.36. The number of nitrogens with zero attached hydrogens (tertiary/aromatic N) is 2. The Labute approximate surface area is 124 Å². The molecular weight excluding hydrogens is 330 g/mol. The predicted molar refractivity (Wildman–Crippen MR) is 79.1 cm³/mol. The molecule has 19 heavy (non-hydrogen) atoms. The Kier molecular flexibility index (Phi) is 4.98. The van der Waals surface area contributed by atoms with Crippen LogP contribution in [-0.2, 0) is 6.61 Å². The molecule has 1 aromatic carbocycles. The van der Waals surface area contributed by atoms with E-state index in [0.29, 0.717) is 6.61 Å². The molecular formula is C12H14BrN3O2S. The monoisotopic (exact) mass is 343 g/mol. The Bertz CT molecular complexity index is 548. The van der Waals surface area contributed by atoms with Crippen LogP contribution in [0.25, 0.3) is 0 Å². The third-order valence-electron chi connectivity index (χ3n) is 2.29. The Morgan fingerprint density at radius 3 is 2.89 bits per heavy atom. The summed E-state index contributed by atoms with van der Waals surface area (Å²) in [5.41, 5.74) is 0. The molecule has 2 aromatic rings. The van der Waals surface area contributed by atoms with Crippen LogP contribution in [0.5, 0.6) is 11.5 Å². The molecule has 0 atom stereocenters. The molecule has 5 nitrogen and oxygen atoms in total. The third-order valence-corrected chi connectivity index (χ3v) is 3.76. The molecule has 0 bridgehead atoms. The van der Waals surface area contributed by atoms with Crippen molar-refractivity contribution in [3.8, 4) is 11.5 Å². The van der Waals surface area contributed by atoms with E-state index in [0.717, 1.165) is 32.7 Å². The molecule has 0 saturated carbocycles. The highest BCUT2D eigenvalue weighted by molar-refractivity contribution is 9.10. The van der Waals surface area contributed by atoms with E-state index in [1.807, 2.05) is 25.1 Å². The van der Waals surface area contributed by atoms with Crippen molar-refractivity contribution in [2.24, 2.45) is 0 Å². The molecule has 0 radical (unpaired) electrons. The summed E-state index contributed by atoms with van der Waals surface area (Å²) in [7, 11) is 1.63. The predicted octanol–water partition coefficient (Wildman–Crippen LogP) is 3.32. The molecule has 102 valence electrons. The molecule has 1 N–H and O–H groups in total. The summed E-state index contributed by atoms with van der Waals surface area (Å²) in [5.74, 6) is 1.53. The molecule has 1 heterocycles. The van der Waals surface area contributed by atoms with Gasteiger partial charge in [0, 0.05) is 6.54 Å². The molecule has 0 spiro atoms. The van der Waals surface area contributed by atoms with Crippen LogP contribution >= 0.6 is 27.3 Å². The van der Waals surface area contributed by atoms with E-state index in [1.54, 1.807) is 7.11 Å². The lowest BCUT2D eigenvalue weighted by atomic mass is 10.3. The van der Waals surface area contributed by atoms with Crippen molar-refractivity contribution < 1.29 is 9.47 Å². The topological polar surface area (TPSA) is 56.3 Å². The smallest absolute Gasteiger partial charge is 0.205 e. The van der Waals surface area contributed by atoms with Crippen LogP contribution in [0, 0.1) is 0 Å². The summed E-state index contributed by atoms with van der Waals surface area (Å²) < 4.78 is 11.7. The number of aromatic nitrogens is 2. The zero-order chi connectivity index (χ0) is 13.7. The second kappa shape index (κ2) is 6.72. The second-order valence-electron chi connectivity index (χ2n) is 3.62. The van der Waals surface area contributed by atoms with E-state index in [4.69, 9.17) is 9.47 Å².